The summed E-state index contributed by atoms with van der Waals surface area (Å²) >= 11 is 0.705. The number of rotatable bonds is 12. The minimum absolute atomic E-state index is 0.123. The number of nitrogens with one attached hydrogen (secondary N) is 1. The van der Waals surface area contributed by atoms with Crippen LogP contribution in [0.25, 0.3) is 6.08 Å². The number of carbonyl (C=O) groups is 4. The number of nitrogens with zero attached hydrogens (tertiary/aromatic N) is 1. The number of hydrogen-bond donors (Lipinski definition) is 2. The minimum atomic E-state index is -1.02. The Morgan fingerprint density at radius 3 is 2.52 bits per heavy atom. The van der Waals surface area contributed by atoms with E-state index in [1.165, 1.54) is 30.3 Å². The molecule has 1 aliphatic heterocycles. The molecule has 4 rings (SSSR count). The molecule has 9 nitrogen and oxygen atoms in total. The van der Waals surface area contributed by atoms with Gasteiger partial charge in [0.05, 0.1) is 17.1 Å². The highest BCUT2D eigenvalue weighted by Gasteiger charge is 2.36. The van der Waals surface area contributed by atoms with Crippen LogP contribution < -0.4 is 14.8 Å². The molecule has 42 heavy (non-hydrogen) atoms. The van der Waals surface area contributed by atoms with Crippen molar-refractivity contribution >= 4 is 46.5 Å². The number of anilines is 1. The van der Waals surface area contributed by atoms with Gasteiger partial charge in [-0.25, -0.2) is 9.18 Å². The minimum Gasteiger partial charge on any atom is -0.490 e. The number of ether oxygens (including phenoxy) is 2. The van der Waals surface area contributed by atoms with Gasteiger partial charge >= 0.3 is 5.97 Å². The second-order valence-electron chi connectivity index (χ2n) is 9.05. The molecule has 216 valence electrons. The van der Waals surface area contributed by atoms with Gasteiger partial charge in [-0.05, 0) is 84.8 Å². The highest BCUT2D eigenvalue weighted by Crippen LogP contribution is 2.38. The van der Waals surface area contributed by atoms with Gasteiger partial charge in [0.1, 0.15) is 19.0 Å². The highest BCUT2D eigenvalue weighted by atomic mass is 32.2. The molecular formula is C31H27FN2O7S. The Bertz CT molecular complexity index is 1570. The number of allylic oxidation sites excluding steroid dienone is 1. The number of carbonyl (C=O) groups excluding carboxylic acids is 3. The Balaban J connectivity index is 1.54. The third-order valence-corrected chi connectivity index (χ3v) is 6.89. The van der Waals surface area contributed by atoms with Crippen LogP contribution in [0.2, 0.25) is 0 Å². The van der Waals surface area contributed by atoms with E-state index in [0.717, 1.165) is 22.1 Å². The number of amides is 3. The highest BCUT2D eigenvalue weighted by molar-refractivity contribution is 8.18. The molecular weight excluding hydrogens is 563 g/mol. The third kappa shape index (κ3) is 7.43. The smallest absolute Gasteiger partial charge is 0.335 e. The number of imide groups is 1. The molecule has 3 aromatic rings. The van der Waals surface area contributed by atoms with Crippen molar-refractivity contribution in [3.8, 4) is 11.5 Å². The van der Waals surface area contributed by atoms with E-state index in [-0.39, 0.29) is 22.8 Å². The summed E-state index contributed by atoms with van der Waals surface area (Å²) in [6.45, 7) is 5.58. The predicted molar refractivity (Wildman–Crippen MR) is 157 cm³/mol. The standard InChI is InChI=1S/C31H27FN2O7S/c1-3-6-22-13-20(14-25(40-4-2)28(22)41-18-19-9-11-21(12-10-19)30(37)38)15-26-29(36)34(31(39)42-26)17-27(35)33-24-8-5-7-23(32)16-24/h3,5,7-16H,1,4,6,17-18H2,2H3,(H,33,35)(H,37,38)/b26-15+. The van der Waals surface area contributed by atoms with E-state index < -0.39 is 35.4 Å². The van der Waals surface area contributed by atoms with Crippen LogP contribution in [-0.2, 0) is 22.6 Å². The molecule has 3 amide bonds. The molecule has 0 aromatic heterocycles. The van der Waals surface area contributed by atoms with E-state index in [1.54, 1.807) is 36.4 Å². The maximum absolute atomic E-state index is 13.4. The lowest BCUT2D eigenvalue weighted by Crippen LogP contribution is -2.36. The molecule has 0 atom stereocenters. The lowest BCUT2D eigenvalue weighted by atomic mass is 10.0. The number of halogens is 1. The summed E-state index contributed by atoms with van der Waals surface area (Å²) in [5.41, 5.74) is 2.43. The van der Waals surface area contributed by atoms with Crippen LogP contribution in [0, 0.1) is 5.82 Å². The average Bonchev–Trinajstić information content (AvgIpc) is 3.20. The van der Waals surface area contributed by atoms with E-state index in [2.05, 4.69) is 11.9 Å². The molecule has 1 aliphatic rings. The van der Waals surface area contributed by atoms with Gasteiger partial charge in [-0.15, -0.1) is 6.58 Å². The number of thioether (sulfide) groups is 1. The summed E-state index contributed by atoms with van der Waals surface area (Å²) in [5, 5.41) is 11.0. The van der Waals surface area contributed by atoms with E-state index in [1.807, 2.05) is 6.92 Å². The Morgan fingerprint density at radius 1 is 1.10 bits per heavy atom. The van der Waals surface area contributed by atoms with Crippen LogP contribution in [0.15, 0.2) is 78.2 Å². The topological polar surface area (TPSA) is 122 Å². The summed E-state index contributed by atoms with van der Waals surface area (Å²) in [6, 6.07) is 15.1. The van der Waals surface area contributed by atoms with Crippen molar-refractivity contribution in [2.45, 2.75) is 20.0 Å². The number of hydrogen-bond acceptors (Lipinski definition) is 7. The number of benzene rings is 3. The van der Waals surface area contributed by atoms with Crippen molar-refractivity contribution < 1.29 is 38.1 Å². The zero-order valence-corrected chi connectivity index (χ0v) is 23.4. The van der Waals surface area contributed by atoms with Gasteiger partial charge in [-0.1, -0.05) is 24.3 Å². The maximum atomic E-state index is 13.4. The molecule has 0 radical (unpaired) electrons. The van der Waals surface area contributed by atoms with Gasteiger partial charge in [-0.2, -0.15) is 0 Å². The van der Waals surface area contributed by atoms with Crippen LogP contribution in [0.4, 0.5) is 14.9 Å². The van der Waals surface area contributed by atoms with Crippen molar-refractivity contribution in [3.05, 3.63) is 106 Å². The molecule has 0 saturated carbocycles. The first-order valence-corrected chi connectivity index (χ1v) is 13.7. The van der Waals surface area contributed by atoms with Crippen molar-refractivity contribution in [2.75, 3.05) is 18.5 Å². The van der Waals surface area contributed by atoms with Gasteiger partial charge in [0.2, 0.25) is 5.91 Å². The Morgan fingerprint density at radius 2 is 1.86 bits per heavy atom. The van der Waals surface area contributed by atoms with Gasteiger partial charge in [0, 0.05) is 11.3 Å². The molecule has 2 N–H and O–H groups in total. The number of carboxylic acids is 1. The monoisotopic (exact) mass is 590 g/mol. The summed E-state index contributed by atoms with van der Waals surface area (Å²) in [5.74, 6) is -1.94. The van der Waals surface area contributed by atoms with E-state index >= 15 is 0 Å². The lowest BCUT2D eigenvalue weighted by Gasteiger charge is -2.17. The SMILES string of the molecule is C=CCc1cc(/C=C2/SC(=O)N(CC(=O)Nc3cccc(F)c3)C2=O)cc(OCC)c1OCc1ccc(C(=O)O)cc1. The fourth-order valence-corrected chi connectivity index (χ4v) is 4.94. The van der Waals surface area contributed by atoms with Crippen molar-refractivity contribution in [2.24, 2.45) is 0 Å². The fourth-order valence-electron chi connectivity index (χ4n) is 4.10. The number of aromatic carboxylic acids is 1. The van der Waals surface area contributed by atoms with E-state index in [0.29, 0.717) is 41.9 Å². The molecule has 3 aromatic carbocycles. The van der Waals surface area contributed by atoms with Crippen LogP contribution in [0.5, 0.6) is 11.5 Å². The number of carboxylic acid groups (broad SMARTS) is 1. The first-order valence-electron chi connectivity index (χ1n) is 12.8. The fraction of sp³-hybridized carbons (Fsp3) is 0.161. The Hall–Kier alpha value is -4.90. The maximum Gasteiger partial charge on any atom is 0.335 e. The second kappa shape index (κ2) is 13.6. The summed E-state index contributed by atoms with van der Waals surface area (Å²) in [4.78, 5) is 50.2. The van der Waals surface area contributed by atoms with E-state index in [4.69, 9.17) is 14.6 Å². The Labute approximate surface area is 245 Å². The third-order valence-electron chi connectivity index (χ3n) is 5.98. The van der Waals surface area contributed by atoms with Crippen LogP contribution in [-0.4, -0.2) is 46.2 Å². The van der Waals surface area contributed by atoms with E-state index in [9.17, 15) is 23.6 Å². The first-order chi connectivity index (χ1) is 20.2. The van der Waals surface area contributed by atoms with Crippen molar-refractivity contribution in [1.29, 1.82) is 0 Å². The van der Waals surface area contributed by atoms with Crippen molar-refractivity contribution in [1.82, 2.24) is 4.90 Å². The largest absolute Gasteiger partial charge is 0.490 e. The summed E-state index contributed by atoms with van der Waals surface area (Å²) in [6.07, 6.45) is 3.64. The van der Waals surface area contributed by atoms with Crippen LogP contribution in [0.1, 0.15) is 34.0 Å². The molecule has 1 saturated heterocycles. The molecule has 1 fully saturated rings. The zero-order chi connectivity index (χ0) is 30.2. The quantitative estimate of drug-likeness (QED) is 0.197. The Kier molecular flexibility index (Phi) is 9.77. The second-order valence-corrected chi connectivity index (χ2v) is 10.0. The van der Waals surface area contributed by atoms with Crippen molar-refractivity contribution in [3.63, 3.8) is 0 Å². The molecule has 0 bridgehead atoms. The summed E-state index contributed by atoms with van der Waals surface area (Å²) in [7, 11) is 0. The lowest BCUT2D eigenvalue weighted by molar-refractivity contribution is -0.127. The summed E-state index contributed by atoms with van der Waals surface area (Å²) < 4.78 is 25.4. The molecule has 0 aliphatic carbocycles. The van der Waals surface area contributed by atoms with Gasteiger partial charge < -0.3 is 19.9 Å². The van der Waals surface area contributed by atoms with Gasteiger partial charge in [0.15, 0.2) is 11.5 Å². The van der Waals surface area contributed by atoms with Gasteiger partial charge in [0.25, 0.3) is 11.1 Å². The molecule has 1 heterocycles. The molecule has 11 heteroatoms. The predicted octanol–water partition coefficient (Wildman–Crippen LogP) is 5.91. The van der Waals surface area contributed by atoms with Gasteiger partial charge in [-0.3, -0.25) is 19.3 Å². The normalized spacial score (nSPS) is 13.8. The average molecular weight is 591 g/mol. The van der Waals surface area contributed by atoms with Crippen LogP contribution >= 0.6 is 11.8 Å². The zero-order valence-electron chi connectivity index (χ0n) is 22.6. The van der Waals surface area contributed by atoms with Crippen LogP contribution in [0.3, 0.4) is 0 Å². The molecule has 0 spiro atoms. The first kappa shape index (κ1) is 30.1. The molecule has 0 unspecified atom stereocenters.